The SMILES string of the molecule is CNCCOc1ccc(B(O)O)cc1. The Balaban J connectivity index is 2.47. The van der Waals surface area contributed by atoms with E-state index in [0.29, 0.717) is 12.1 Å². The summed E-state index contributed by atoms with van der Waals surface area (Å²) in [4.78, 5) is 0. The van der Waals surface area contributed by atoms with Crippen LogP contribution in [-0.2, 0) is 0 Å². The zero-order valence-electron chi connectivity index (χ0n) is 8.10. The van der Waals surface area contributed by atoms with Crippen LogP contribution in [0.4, 0.5) is 0 Å². The predicted octanol–water partition coefficient (Wildman–Crippen LogP) is -1.04. The summed E-state index contributed by atoms with van der Waals surface area (Å²) in [5.74, 6) is 0.727. The van der Waals surface area contributed by atoms with E-state index in [0.717, 1.165) is 12.3 Å². The van der Waals surface area contributed by atoms with E-state index in [-0.39, 0.29) is 0 Å². The highest BCUT2D eigenvalue weighted by atomic mass is 16.5. The van der Waals surface area contributed by atoms with Gasteiger partial charge in [-0.25, -0.2) is 0 Å². The summed E-state index contributed by atoms with van der Waals surface area (Å²) in [5, 5.41) is 20.6. The highest BCUT2D eigenvalue weighted by Gasteiger charge is 2.09. The largest absolute Gasteiger partial charge is 0.492 e. The second-order valence-corrected chi connectivity index (χ2v) is 2.89. The smallest absolute Gasteiger partial charge is 0.488 e. The number of hydrogen-bond acceptors (Lipinski definition) is 4. The fraction of sp³-hybridized carbons (Fsp3) is 0.333. The van der Waals surface area contributed by atoms with Gasteiger partial charge in [-0.1, -0.05) is 12.1 Å². The molecule has 1 aromatic carbocycles. The molecule has 0 unspecified atom stereocenters. The van der Waals surface area contributed by atoms with Crippen molar-refractivity contribution >= 4 is 12.6 Å². The lowest BCUT2D eigenvalue weighted by molar-refractivity contribution is 0.318. The molecule has 0 atom stereocenters. The number of rotatable bonds is 5. The Labute approximate surface area is 83.7 Å². The average molecular weight is 195 g/mol. The Kier molecular flexibility index (Phi) is 4.45. The van der Waals surface area contributed by atoms with Crippen LogP contribution < -0.4 is 15.5 Å². The van der Waals surface area contributed by atoms with E-state index in [2.05, 4.69) is 5.32 Å². The molecule has 0 fully saturated rings. The average Bonchev–Trinajstić information content (AvgIpc) is 2.19. The van der Waals surface area contributed by atoms with Crippen molar-refractivity contribution in [1.29, 1.82) is 0 Å². The second kappa shape index (κ2) is 5.64. The lowest BCUT2D eigenvalue weighted by Crippen LogP contribution is -2.29. The Bertz CT molecular complexity index is 263. The minimum Gasteiger partial charge on any atom is -0.492 e. The van der Waals surface area contributed by atoms with Crippen LogP contribution in [0.1, 0.15) is 0 Å². The summed E-state index contributed by atoms with van der Waals surface area (Å²) in [5.41, 5.74) is 0.464. The summed E-state index contributed by atoms with van der Waals surface area (Å²) < 4.78 is 5.36. The molecule has 14 heavy (non-hydrogen) atoms. The third-order valence-electron chi connectivity index (χ3n) is 1.80. The first-order valence-electron chi connectivity index (χ1n) is 4.47. The molecule has 0 aliphatic carbocycles. The Morgan fingerprint density at radius 1 is 1.29 bits per heavy atom. The van der Waals surface area contributed by atoms with Crippen LogP contribution >= 0.6 is 0 Å². The van der Waals surface area contributed by atoms with Gasteiger partial charge in [-0.3, -0.25) is 0 Å². The molecular weight excluding hydrogens is 181 g/mol. The standard InChI is InChI=1S/C9H14BNO3/c1-11-6-7-14-9-4-2-8(3-5-9)10(12)13/h2-5,11-13H,6-7H2,1H3. The van der Waals surface area contributed by atoms with Crippen molar-refractivity contribution in [3.63, 3.8) is 0 Å². The summed E-state index contributed by atoms with van der Waals surface area (Å²) in [6, 6.07) is 6.67. The molecular formula is C9H14BNO3. The normalized spacial score (nSPS) is 9.93. The van der Waals surface area contributed by atoms with E-state index in [9.17, 15) is 0 Å². The molecule has 0 saturated heterocycles. The van der Waals surface area contributed by atoms with Crippen molar-refractivity contribution in [3.8, 4) is 5.75 Å². The summed E-state index contributed by atoms with van der Waals surface area (Å²) in [6.45, 7) is 1.38. The zero-order valence-corrected chi connectivity index (χ0v) is 8.10. The number of nitrogens with one attached hydrogen (secondary N) is 1. The zero-order chi connectivity index (χ0) is 10.4. The van der Waals surface area contributed by atoms with Gasteiger partial charge >= 0.3 is 7.12 Å². The molecule has 3 N–H and O–H groups in total. The number of hydrogen-bond donors (Lipinski definition) is 3. The molecule has 0 saturated carbocycles. The van der Waals surface area contributed by atoms with Gasteiger partial charge in [0, 0.05) is 6.54 Å². The van der Waals surface area contributed by atoms with E-state index in [1.54, 1.807) is 24.3 Å². The second-order valence-electron chi connectivity index (χ2n) is 2.89. The van der Waals surface area contributed by atoms with Crippen molar-refractivity contribution in [2.75, 3.05) is 20.2 Å². The van der Waals surface area contributed by atoms with Gasteiger partial charge in [0.25, 0.3) is 0 Å². The van der Waals surface area contributed by atoms with E-state index in [4.69, 9.17) is 14.8 Å². The van der Waals surface area contributed by atoms with Gasteiger partial charge < -0.3 is 20.1 Å². The summed E-state index contributed by atoms with van der Waals surface area (Å²) in [7, 11) is 0.440. The Morgan fingerprint density at radius 3 is 2.43 bits per heavy atom. The molecule has 1 aromatic rings. The van der Waals surface area contributed by atoms with E-state index < -0.39 is 7.12 Å². The van der Waals surface area contributed by atoms with Crippen molar-refractivity contribution in [2.45, 2.75) is 0 Å². The summed E-state index contributed by atoms with van der Waals surface area (Å²) >= 11 is 0. The first-order valence-corrected chi connectivity index (χ1v) is 4.47. The van der Waals surface area contributed by atoms with Gasteiger partial charge in [-0.15, -0.1) is 0 Å². The third kappa shape index (κ3) is 3.37. The molecule has 0 radical (unpaired) electrons. The van der Waals surface area contributed by atoms with Gasteiger partial charge in [-0.2, -0.15) is 0 Å². The van der Waals surface area contributed by atoms with Gasteiger partial charge in [0.05, 0.1) is 0 Å². The fourth-order valence-corrected chi connectivity index (χ4v) is 1.01. The molecule has 0 heterocycles. The van der Waals surface area contributed by atoms with Crippen molar-refractivity contribution < 1.29 is 14.8 Å². The van der Waals surface area contributed by atoms with Crippen LogP contribution in [0.3, 0.4) is 0 Å². The minimum absolute atomic E-state index is 0.464. The molecule has 0 aromatic heterocycles. The van der Waals surface area contributed by atoms with Crippen molar-refractivity contribution in [3.05, 3.63) is 24.3 Å². The number of likely N-dealkylation sites (N-methyl/N-ethyl adjacent to an activating group) is 1. The maximum Gasteiger partial charge on any atom is 0.488 e. The van der Waals surface area contributed by atoms with Gasteiger partial charge in [-0.05, 0) is 24.6 Å². The lowest BCUT2D eigenvalue weighted by atomic mass is 9.80. The first-order chi connectivity index (χ1) is 6.74. The highest BCUT2D eigenvalue weighted by molar-refractivity contribution is 6.58. The molecule has 76 valence electrons. The van der Waals surface area contributed by atoms with Crippen molar-refractivity contribution in [2.24, 2.45) is 0 Å². The fourth-order valence-electron chi connectivity index (χ4n) is 1.01. The van der Waals surface area contributed by atoms with Crippen LogP contribution in [0.2, 0.25) is 0 Å². The molecule has 4 nitrogen and oxygen atoms in total. The van der Waals surface area contributed by atoms with E-state index >= 15 is 0 Å². The van der Waals surface area contributed by atoms with Crippen molar-refractivity contribution in [1.82, 2.24) is 5.32 Å². The number of benzene rings is 1. The van der Waals surface area contributed by atoms with Crippen LogP contribution in [0, 0.1) is 0 Å². The molecule has 5 heteroatoms. The van der Waals surface area contributed by atoms with E-state index in [1.807, 2.05) is 7.05 Å². The van der Waals surface area contributed by atoms with Gasteiger partial charge in [0.2, 0.25) is 0 Å². The quantitative estimate of drug-likeness (QED) is 0.415. The molecule has 0 bridgehead atoms. The first kappa shape index (κ1) is 11.0. The highest BCUT2D eigenvalue weighted by Crippen LogP contribution is 2.06. The van der Waals surface area contributed by atoms with E-state index in [1.165, 1.54) is 0 Å². The van der Waals surface area contributed by atoms with Gasteiger partial charge in [0.15, 0.2) is 0 Å². The van der Waals surface area contributed by atoms with Crippen LogP contribution in [0.25, 0.3) is 0 Å². The monoisotopic (exact) mass is 195 g/mol. The molecule has 0 amide bonds. The minimum atomic E-state index is -1.42. The third-order valence-corrected chi connectivity index (χ3v) is 1.80. The van der Waals surface area contributed by atoms with Gasteiger partial charge in [0.1, 0.15) is 12.4 Å². The Hall–Kier alpha value is -1.04. The molecule has 0 spiro atoms. The predicted molar refractivity (Wildman–Crippen MR) is 55.7 cm³/mol. The molecule has 0 aliphatic heterocycles. The van der Waals surface area contributed by atoms with Crippen LogP contribution in [0.5, 0.6) is 5.75 Å². The van der Waals surface area contributed by atoms with Crippen LogP contribution in [-0.4, -0.2) is 37.4 Å². The van der Waals surface area contributed by atoms with Crippen LogP contribution in [0.15, 0.2) is 24.3 Å². The Morgan fingerprint density at radius 2 is 1.93 bits per heavy atom. The maximum absolute atomic E-state index is 8.83. The molecule has 1 rings (SSSR count). The summed E-state index contributed by atoms with van der Waals surface area (Å²) in [6.07, 6.45) is 0. The maximum atomic E-state index is 8.83. The topological polar surface area (TPSA) is 61.7 Å². The number of ether oxygens (including phenoxy) is 1. The lowest BCUT2D eigenvalue weighted by Gasteiger charge is -2.06. The molecule has 0 aliphatic rings.